The van der Waals surface area contributed by atoms with Gasteiger partial charge in [-0.25, -0.2) is 0 Å². The number of ether oxygens (including phenoxy) is 3. The van der Waals surface area contributed by atoms with E-state index in [1.165, 1.54) is 12.0 Å². The van der Waals surface area contributed by atoms with Gasteiger partial charge in [-0.15, -0.1) is 0 Å². The molecule has 1 aliphatic carbocycles. The molecule has 0 spiro atoms. The minimum absolute atomic E-state index is 0.289. The highest BCUT2D eigenvalue weighted by Gasteiger charge is 2.33. The van der Waals surface area contributed by atoms with Crippen LogP contribution in [0.5, 0.6) is 11.5 Å². The number of rotatable bonds is 7. The molecule has 2 fully saturated rings. The van der Waals surface area contributed by atoms with Crippen molar-refractivity contribution in [1.82, 2.24) is 9.80 Å². The summed E-state index contributed by atoms with van der Waals surface area (Å²) in [6, 6.07) is 6.20. The molecule has 4 rings (SSSR count). The summed E-state index contributed by atoms with van der Waals surface area (Å²) in [6.07, 6.45) is 3.37. The lowest BCUT2D eigenvalue weighted by molar-refractivity contribution is -0.0634. The molecule has 1 saturated carbocycles. The lowest BCUT2D eigenvalue weighted by atomic mass is 9.71. The van der Waals surface area contributed by atoms with Crippen molar-refractivity contribution in [2.75, 3.05) is 46.1 Å². The molecular weight excluding hydrogens is 380 g/mol. The highest BCUT2D eigenvalue weighted by molar-refractivity contribution is 5.44. The smallest absolute Gasteiger partial charge is 0.231 e. The maximum atomic E-state index is 10.5. The Balaban J connectivity index is 1.16. The first-order chi connectivity index (χ1) is 14.4. The average molecular weight is 419 g/mol. The van der Waals surface area contributed by atoms with Gasteiger partial charge in [0.05, 0.1) is 18.8 Å². The quantitative estimate of drug-likeness (QED) is 0.734. The Morgan fingerprint density at radius 2 is 1.83 bits per heavy atom. The van der Waals surface area contributed by atoms with Crippen molar-refractivity contribution in [3.8, 4) is 11.5 Å². The van der Waals surface area contributed by atoms with Crippen molar-refractivity contribution in [3.63, 3.8) is 0 Å². The van der Waals surface area contributed by atoms with Crippen LogP contribution in [0.3, 0.4) is 0 Å². The second kappa shape index (κ2) is 9.43. The summed E-state index contributed by atoms with van der Waals surface area (Å²) in [6.45, 7) is 13.4. The van der Waals surface area contributed by atoms with Crippen LogP contribution in [0, 0.1) is 11.3 Å². The van der Waals surface area contributed by atoms with E-state index in [0.29, 0.717) is 31.3 Å². The van der Waals surface area contributed by atoms with Crippen molar-refractivity contribution in [2.24, 2.45) is 11.3 Å². The number of hydrogen-bond acceptors (Lipinski definition) is 6. The van der Waals surface area contributed by atoms with Gasteiger partial charge in [0.15, 0.2) is 11.5 Å². The fourth-order valence-corrected chi connectivity index (χ4v) is 5.41. The Bertz CT molecular complexity index is 702. The highest BCUT2D eigenvalue weighted by Crippen LogP contribution is 2.39. The number of benzene rings is 1. The third-order valence-electron chi connectivity index (χ3n) is 6.65. The zero-order valence-corrected chi connectivity index (χ0v) is 18.8. The second-order valence-corrected chi connectivity index (χ2v) is 10.3. The van der Waals surface area contributed by atoms with Crippen LogP contribution in [0.1, 0.15) is 45.6 Å². The number of β-amino-alcohol motifs (C(OH)–C–C–N with tert-alkyl or cyclic N) is 1. The molecule has 0 amide bonds. The molecule has 0 unspecified atom stereocenters. The van der Waals surface area contributed by atoms with Gasteiger partial charge in [0.2, 0.25) is 6.79 Å². The summed E-state index contributed by atoms with van der Waals surface area (Å²) >= 11 is 0. The summed E-state index contributed by atoms with van der Waals surface area (Å²) in [5.41, 5.74) is 1.60. The zero-order valence-electron chi connectivity index (χ0n) is 18.8. The van der Waals surface area contributed by atoms with Crippen molar-refractivity contribution < 1.29 is 19.3 Å². The Hall–Kier alpha value is -1.34. The molecule has 0 bridgehead atoms. The van der Waals surface area contributed by atoms with Crippen molar-refractivity contribution >= 4 is 0 Å². The van der Waals surface area contributed by atoms with Gasteiger partial charge in [-0.05, 0) is 48.3 Å². The third kappa shape index (κ3) is 5.88. The van der Waals surface area contributed by atoms with Crippen LogP contribution in [-0.4, -0.2) is 73.2 Å². The van der Waals surface area contributed by atoms with E-state index in [-0.39, 0.29) is 6.10 Å². The molecule has 1 N–H and O–H groups in total. The fourth-order valence-electron chi connectivity index (χ4n) is 5.41. The van der Waals surface area contributed by atoms with Gasteiger partial charge < -0.3 is 19.3 Å². The van der Waals surface area contributed by atoms with Crippen molar-refractivity contribution in [1.29, 1.82) is 0 Å². The van der Waals surface area contributed by atoms with Gasteiger partial charge >= 0.3 is 0 Å². The number of fused-ring (bicyclic) bond motifs is 1. The predicted molar refractivity (Wildman–Crippen MR) is 117 cm³/mol. The molecule has 168 valence electrons. The molecule has 1 saturated heterocycles. The summed E-state index contributed by atoms with van der Waals surface area (Å²) in [5, 5.41) is 10.5. The maximum absolute atomic E-state index is 10.5. The van der Waals surface area contributed by atoms with Gasteiger partial charge in [-0.2, -0.15) is 0 Å². The molecular formula is C24H38N2O4. The van der Waals surface area contributed by atoms with E-state index in [1.807, 2.05) is 6.07 Å². The molecule has 6 nitrogen and oxygen atoms in total. The molecule has 2 heterocycles. The molecule has 30 heavy (non-hydrogen) atoms. The van der Waals surface area contributed by atoms with Gasteiger partial charge in [-0.1, -0.05) is 26.8 Å². The topological polar surface area (TPSA) is 54.4 Å². The van der Waals surface area contributed by atoms with Crippen LogP contribution in [-0.2, 0) is 11.3 Å². The monoisotopic (exact) mass is 418 g/mol. The number of nitrogens with zero attached hydrogens (tertiary/aromatic N) is 2. The van der Waals surface area contributed by atoms with Gasteiger partial charge in [-0.3, -0.25) is 9.80 Å². The first kappa shape index (κ1) is 21.9. The van der Waals surface area contributed by atoms with Crippen molar-refractivity contribution in [3.05, 3.63) is 23.8 Å². The molecule has 1 aromatic carbocycles. The van der Waals surface area contributed by atoms with Crippen molar-refractivity contribution in [2.45, 2.75) is 58.8 Å². The van der Waals surface area contributed by atoms with Gasteiger partial charge in [0.25, 0.3) is 0 Å². The van der Waals surface area contributed by atoms with E-state index in [1.54, 1.807) is 0 Å². The maximum Gasteiger partial charge on any atom is 0.231 e. The van der Waals surface area contributed by atoms with E-state index in [0.717, 1.165) is 57.1 Å². The van der Waals surface area contributed by atoms with Crippen LogP contribution >= 0.6 is 0 Å². The zero-order chi connectivity index (χ0) is 21.1. The normalized spacial score (nSPS) is 27.9. The predicted octanol–water partition coefficient (Wildman–Crippen LogP) is 3.13. The van der Waals surface area contributed by atoms with Gasteiger partial charge in [0, 0.05) is 39.3 Å². The first-order valence-corrected chi connectivity index (χ1v) is 11.5. The van der Waals surface area contributed by atoms with E-state index in [9.17, 15) is 5.11 Å². The molecule has 3 aliphatic rings. The summed E-state index contributed by atoms with van der Waals surface area (Å²) < 4.78 is 17.0. The van der Waals surface area contributed by atoms with E-state index >= 15 is 0 Å². The fraction of sp³-hybridized carbons (Fsp3) is 0.750. The lowest BCUT2D eigenvalue weighted by Gasteiger charge is -2.39. The third-order valence-corrected chi connectivity index (χ3v) is 6.65. The largest absolute Gasteiger partial charge is 0.454 e. The molecule has 2 aliphatic heterocycles. The van der Waals surface area contributed by atoms with Crippen LogP contribution in [0.25, 0.3) is 0 Å². The van der Waals surface area contributed by atoms with E-state index in [4.69, 9.17) is 14.2 Å². The van der Waals surface area contributed by atoms with Crippen LogP contribution in [0.15, 0.2) is 18.2 Å². The number of hydrogen-bond donors (Lipinski definition) is 1. The van der Waals surface area contributed by atoms with E-state index < -0.39 is 6.10 Å². The summed E-state index contributed by atoms with van der Waals surface area (Å²) in [4.78, 5) is 4.82. The molecule has 6 heteroatoms. The Morgan fingerprint density at radius 1 is 1.10 bits per heavy atom. The number of aliphatic hydroxyl groups is 1. The standard InChI is InChI=1S/C24H38N2O4/c1-18-10-21(13-24(2,3)12-18)28-16-20(27)15-26-8-6-25(7-9-26)14-19-4-5-22-23(11-19)30-17-29-22/h4-5,11,18,20-21,27H,6-10,12-17H2,1-3H3/t18-,20-,21+/m1/s1. The molecule has 0 aromatic heterocycles. The lowest BCUT2D eigenvalue weighted by Crippen LogP contribution is -2.48. The average Bonchev–Trinajstić information content (AvgIpc) is 3.14. The Morgan fingerprint density at radius 3 is 2.60 bits per heavy atom. The highest BCUT2D eigenvalue weighted by atomic mass is 16.7. The van der Waals surface area contributed by atoms with Crippen LogP contribution in [0.2, 0.25) is 0 Å². The molecule has 3 atom stereocenters. The Kier molecular flexibility index (Phi) is 6.88. The number of piperazine rings is 1. The number of aliphatic hydroxyl groups excluding tert-OH is 1. The van der Waals surface area contributed by atoms with E-state index in [2.05, 4.69) is 42.7 Å². The summed E-state index contributed by atoms with van der Waals surface area (Å²) in [5.74, 6) is 2.39. The first-order valence-electron chi connectivity index (χ1n) is 11.5. The van der Waals surface area contributed by atoms with Crippen LogP contribution < -0.4 is 9.47 Å². The van der Waals surface area contributed by atoms with Crippen LogP contribution in [0.4, 0.5) is 0 Å². The second-order valence-electron chi connectivity index (χ2n) is 10.3. The summed E-state index contributed by atoms with van der Waals surface area (Å²) in [7, 11) is 0. The minimum Gasteiger partial charge on any atom is -0.454 e. The minimum atomic E-state index is -0.411. The van der Waals surface area contributed by atoms with Gasteiger partial charge in [0.1, 0.15) is 0 Å². The molecule has 1 aromatic rings. The molecule has 0 radical (unpaired) electrons. The Labute approximate surface area is 181 Å². The SMILES string of the molecule is C[C@@H]1C[C@H](OC[C@H](O)CN2CCN(Cc3ccc4c(c3)OCO4)CC2)CC(C)(C)C1.